The van der Waals surface area contributed by atoms with E-state index < -0.39 is 0 Å². The van der Waals surface area contributed by atoms with Crippen molar-refractivity contribution >= 4 is 38.6 Å². The Bertz CT molecular complexity index is 1020. The van der Waals surface area contributed by atoms with Crippen LogP contribution in [0.15, 0.2) is 41.3 Å². The van der Waals surface area contributed by atoms with Crippen molar-refractivity contribution in [2.75, 3.05) is 36.5 Å². The molecule has 1 aliphatic heterocycles. The predicted octanol–water partition coefficient (Wildman–Crippen LogP) is 3.82. The molecule has 5 rings (SSSR count). The van der Waals surface area contributed by atoms with Crippen LogP contribution in [0.3, 0.4) is 0 Å². The van der Waals surface area contributed by atoms with E-state index in [1.54, 1.807) is 12.4 Å². The second-order valence-electron chi connectivity index (χ2n) is 7.91. The van der Waals surface area contributed by atoms with Gasteiger partial charge in [-0.2, -0.15) is 4.98 Å². The number of hydrogen-bond acceptors (Lipinski definition) is 8. The van der Waals surface area contributed by atoms with Crippen LogP contribution >= 0.6 is 15.9 Å². The molecule has 3 aromatic heterocycles. The molecule has 0 spiro atoms. The second kappa shape index (κ2) is 9.32. The minimum atomic E-state index is 0.129. The van der Waals surface area contributed by atoms with Gasteiger partial charge < -0.3 is 19.7 Å². The van der Waals surface area contributed by atoms with Crippen molar-refractivity contribution < 1.29 is 9.47 Å². The molecule has 31 heavy (non-hydrogen) atoms. The van der Waals surface area contributed by atoms with Gasteiger partial charge in [-0.3, -0.25) is 4.98 Å². The summed E-state index contributed by atoms with van der Waals surface area (Å²) in [5.41, 5.74) is 0.895. The molecule has 8 nitrogen and oxygen atoms in total. The summed E-state index contributed by atoms with van der Waals surface area (Å²) >= 11 is 3.53. The summed E-state index contributed by atoms with van der Waals surface area (Å²) in [5, 5.41) is 4.36. The Morgan fingerprint density at radius 3 is 2.58 bits per heavy atom. The third kappa shape index (κ3) is 4.88. The minimum absolute atomic E-state index is 0.129. The van der Waals surface area contributed by atoms with Crippen molar-refractivity contribution in [3.63, 3.8) is 0 Å². The first-order valence-corrected chi connectivity index (χ1v) is 11.5. The van der Waals surface area contributed by atoms with Gasteiger partial charge in [-0.1, -0.05) is 0 Å². The Balaban J connectivity index is 1.31. The van der Waals surface area contributed by atoms with E-state index in [4.69, 9.17) is 14.5 Å². The van der Waals surface area contributed by atoms with Crippen LogP contribution in [0.25, 0.3) is 10.9 Å². The van der Waals surface area contributed by atoms with E-state index in [0.29, 0.717) is 31.1 Å². The van der Waals surface area contributed by atoms with Crippen molar-refractivity contribution in [2.24, 2.45) is 0 Å². The number of fused-ring (bicyclic) bond motifs is 1. The first-order chi connectivity index (χ1) is 15.2. The zero-order chi connectivity index (χ0) is 21.0. The molecule has 162 valence electrons. The normalized spacial score (nSPS) is 21.8. The number of ether oxygens (including phenoxy) is 2. The zero-order valence-electron chi connectivity index (χ0n) is 17.2. The number of hydrogen-bond donors (Lipinski definition) is 1. The molecule has 0 atom stereocenters. The van der Waals surface area contributed by atoms with Crippen LogP contribution in [0.5, 0.6) is 5.88 Å². The van der Waals surface area contributed by atoms with Gasteiger partial charge in [0.25, 0.3) is 0 Å². The van der Waals surface area contributed by atoms with Crippen LogP contribution in [0.2, 0.25) is 0 Å². The quantitative estimate of drug-likeness (QED) is 0.584. The number of morpholine rings is 1. The summed E-state index contributed by atoms with van der Waals surface area (Å²) < 4.78 is 12.9. The largest absolute Gasteiger partial charge is 0.474 e. The third-order valence-corrected chi connectivity index (χ3v) is 6.22. The third-order valence-electron chi connectivity index (χ3n) is 5.78. The average molecular weight is 485 g/mol. The van der Waals surface area contributed by atoms with Crippen LogP contribution < -0.4 is 15.0 Å². The van der Waals surface area contributed by atoms with Crippen molar-refractivity contribution in [1.82, 2.24) is 19.9 Å². The molecular weight excluding hydrogens is 460 g/mol. The van der Waals surface area contributed by atoms with E-state index in [1.165, 1.54) is 0 Å². The van der Waals surface area contributed by atoms with Gasteiger partial charge in [-0.15, -0.1) is 0 Å². The van der Waals surface area contributed by atoms with E-state index in [1.807, 2.05) is 24.4 Å². The fraction of sp³-hybridized carbons (Fsp3) is 0.455. The lowest BCUT2D eigenvalue weighted by atomic mass is 9.93. The first-order valence-electron chi connectivity index (χ1n) is 10.7. The predicted molar refractivity (Wildman–Crippen MR) is 123 cm³/mol. The van der Waals surface area contributed by atoms with E-state index in [0.717, 1.165) is 60.0 Å². The topological polar surface area (TPSA) is 85.3 Å². The maximum absolute atomic E-state index is 6.46. The highest BCUT2D eigenvalue weighted by Gasteiger charge is 2.25. The number of aromatic nitrogens is 4. The van der Waals surface area contributed by atoms with Gasteiger partial charge in [0.05, 0.1) is 24.1 Å². The standard InChI is InChI=1S/C22H25BrN6O2/c23-15-12-18-19(26-14-15)13-20(29-8-10-30-11-9-29)28-21(18)31-17-4-2-16(3-5-17)27-22-24-6-1-7-25-22/h1,6-7,12-14,16-17H,2-5,8-11H2,(H,24,25,27)/t16-,17+. The Labute approximate surface area is 189 Å². The molecule has 0 aromatic carbocycles. The van der Waals surface area contributed by atoms with Crippen LogP contribution in [0, 0.1) is 0 Å². The van der Waals surface area contributed by atoms with Gasteiger partial charge in [0, 0.05) is 48.3 Å². The molecule has 1 aliphatic carbocycles. The molecule has 1 saturated carbocycles. The second-order valence-corrected chi connectivity index (χ2v) is 8.83. The molecule has 1 saturated heterocycles. The summed E-state index contributed by atoms with van der Waals surface area (Å²) in [7, 11) is 0. The first kappa shape index (κ1) is 20.4. The van der Waals surface area contributed by atoms with Gasteiger partial charge in [-0.05, 0) is 53.7 Å². The summed E-state index contributed by atoms with van der Waals surface area (Å²) in [4.78, 5) is 20.3. The lowest BCUT2D eigenvalue weighted by Gasteiger charge is -2.31. The van der Waals surface area contributed by atoms with E-state index in [2.05, 4.69) is 41.1 Å². The summed E-state index contributed by atoms with van der Waals surface area (Å²) in [6.45, 7) is 3.08. The highest BCUT2D eigenvalue weighted by atomic mass is 79.9. The minimum Gasteiger partial charge on any atom is -0.474 e. The molecule has 1 N–H and O–H groups in total. The van der Waals surface area contributed by atoms with Gasteiger partial charge in [0.2, 0.25) is 11.8 Å². The maximum Gasteiger partial charge on any atom is 0.225 e. The lowest BCUT2D eigenvalue weighted by molar-refractivity contribution is 0.122. The zero-order valence-corrected chi connectivity index (χ0v) is 18.8. The van der Waals surface area contributed by atoms with Crippen LogP contribution in [-0.4, -0.2) is 58.4 Å². The number of nitrogens with zero attached hydrogens (tertiary/aromatic N) is 5. The smallest absolute Gasteiger partial charge is 0.225 e. The van der Waals surface area contributed by atoms with Crippen molar-refractivity contribution in [1.29, 1.82) is 0 Å². The SMILES string of the molecule is Brc1cnc2cc(N3CCOCC3)nc(O[C@H]3CC[C@@H](Nc4ncccn4)CC3)c2c1. The van der Waals surface area contributed by atoms with E-state index in [-0.39, 0.29) is 6.10 Å². The summed E-state index contributed by atoms with van der Waals surface area (Å²) in [6.07, 6.45) is 9.39. The molecule has 3 aromatic rings. The number of halogens is 1. The van der Waals surface area contributed by atoms with Gasteiger partial charge in [0.1, 0.15) is 11.9 Å². The Hall–Kier alpha value is -2.52. The van der Waals surface area contributed by atoms with Crippen molar-refractivity contribution in [2.45, 2.75) is 37.8 Å². The Kier molecular flexibility index (Phi) is 6.13. The van der Waals surface area contributed by atoms with E-state index in [9.17, 15) is 0 Å². The Morgan fingerprint density at radius 1 is 1.03 bits per heavy atom. The van der Waals surface area contributed by atoms with Crippen LogP contribution in [-0.2, 0) is 4.74 Å². The summed E-state index contributed by atoms with van der Waals surface area (Å²) in [6, 6.07) is 6.27. The van der Waals surface area contributed by atoms with Crippen molar-refractivity contribution in [3.05, 3.63) is 41.3 Å². The fourth-order valence-corrected chi connectivity index (χ4v) is 4.47. The molecule has 0 unspecified atom stereocenters. The Morgan fingerprint density at radius 2 is 1.81 bits per heavy atom. The number of pyridine rings is 2. The molecule has 4 heterocycles. The van der Waals surface area contributed by atoms with Gasteiger partial charge >= 0.3 is 0 Å². The monoisotopic (exact) mass is 484 g/mol. The highest BCUT2D eigenvalue weighted by Crippen LogP contribution is 2.32. The number of anilines is 2. The number of rotatable bonds is 5. The van der Waals surface area contributed by atoms with Gasteiger partial charge in [-0.25, -0.2) is 9.97 Å². The molecular formula is C22H25BrN6O2. The highest BCUT2D eigenvalue weighted by molar-refractivity contribution is 9.10. The van der Waals surface area contributed by atoms with E-state index >= 15 is 0 Å². The number of nitrogens with one attached hydrogen (secondary N) is 1. The molecule has 9 heteroatoms. The van der Waals surface area contributed by atoms with Crippen molar-refractivity contribution in [3.8, 4) is 5.88 Å². The molecule has 0 radical (unpaired) electrons. The van der Waals surface area contributed by atoms with Gasteiger partial charge in [0.15, 0.2) is 0 Å². The molecule has 2 fully saturated rings. The maximum atomic E-state index is 6.46. The molecule has 0 amide bonds. The van der Waals surface area contributed by atoms with Crippen LogP contribution in [0.1, 0.15) is 25.7 Å². The average Bonchev–Trinajstić information content (AvgIpc) is 2.82. The molecule has 0 bridgehead atoms. The van der Waals surface area contributed by atoms with Crippen LogP contribution in [0.4, 0.5) is 11.8 Å². The fourth-order valence-electron chi connectivity index (χ4n) is 4.14. The molecule has 2 aliphatic rings. The summed E-state index contributed by atoms with van der Waals surface area (Å²) in [5.74, 6) is 2.25. The lowest BCUT2D eigenvalue weighted by Crippen LogP contribution is -2.37.